The van der Waals surface area contributed by atoms with Gasteiger partial charge >= 0.3 is 5.97 Å². The molecule has 3 aromatic rings. The number of hydrogen-bond acceptors (Lipinski definition) is 5. The lowest BCUT2D eigenvalue weighted by molar-refractivity contribution is 0.0541. The van der Waals surface area contributed by atoms with Gasteiger partial charge in [0.2, 0.25) is 0 Å². The van der Waals surface area contributed by atoms with Crippen molar-refractivity contribution in [2.75, 3.05) is 13.2 Å². The first kappa shape index (κ1) is 17.4. The number of carboxylic acid groups (broad SMARTS) is 1. The van der Waals surface area contributed by atoms with Crippen LogP contribution in [0.4, 0.5) is 0 Å². The number of carbonyl (C=O) groups is 1. The third kappa shape index (κ3) is 3.73. The van der Waals surface area contributed by atoms with Crippen LogP contribution in [-0.4, -0.2) is 44.0 Å². The summed E-state index contributed by atoms with van der Waals surface area (Å²) in [6.07, 6.45) is 6.16. The fourth-order valence-corrected chi connectivity index (χ4v) is 3.36. The van der Waals surface area contributed by atoms with Crippen LogP contribution in [0.15, 0.2) is 48.8 Å². The Morgan fingerprint density at radius 2 is 2.04 bits per heavy atom. The van der Waals surface area contributed by atoms with E-state index in [0.717, 1.165) is 30.8 Å². The van der Waals surface area contributed by atoms with E-state index in [1.54, 1.807) is 35.3 Å². The Morgan fingerprint density at radius 1 is 1.22 bits per heavy atom. The highest BCUT2D eigenvalue weighted by Gasteiger charge is 2.22. The van der Waals surface area contributed by atoms with E-state index in [2.05, 4.69) is 10.1 Å². The fourth-order valence-electron chi connectivity index (χ4n) is 3.36. The smallest absolute Gasteiger partial charge is 0.337 e. The molecule has 1 aromatic carbocycles. The van der Waals surface area contributed by atoms with E-state index in [1.807, 2.05) is 18.2 Å². The molecule has 0 spiro atoms. The summed E-state index contributed by atoms with van der Waals surface area (Å²) in [6.45, 7) is 1.49. The quantitative estimate of drug-likeness (QED) is 0.748. The van der Waals surface area contributed by atoms with Gasteiger partial charge in [0.25, 0.3) is 0 Å². The molecule has 2 aromatic heterocycles. The number of ether oxygens (including phenoxy) is 1. The predicted octanol–water partition coefficient (Wildman–Crippen LogP) is 3.00. The minimum Gasteiger partial charge on any atom is -0.478 e. The summed E-state index contributed by atoms with van der Waals surface area (Å²) < 4.78 is 7.25. The molecule has 7 heteroatoms. The molecule has 1 aliphatic rings. The van der Waals surface area contributed by atoms with Crippen molar-refractivity contribution in [2.24, 2.45) is 5.92 Å². The number of rotatable bonds is 5. The van der Waals surface area contributed by atoms with Crippen LogP contribution >= 0.6 is 0 Å². The molecular formula is C20H20N4O3. The molecular weight excluding hydrogens is 344 g/mol. The molecule has 0 saturated carbocycles. The van der Waals surface area contributed by atoms with Crippen LogP contribution in [0, 0.1) is 5.92 Å². The number of pyridine rings is 1. The minimum absolute atomic E-state index is 0.199. The Labute approximate surface area is 156 Å². The van der Waals surface area contributed by atoms with Crippen molar-refractivity contribution in [2.45, 2.75) is 19.3 Å². The molecule has 3 heterocycles. The number of hydrogen-bond donors (Lipinski definition) is 1. The average Bonchev–Trinajstić information content (AvgIpc) is 3.13. The summed E-state index contributed by atoms with van der Waals surface area (Å²) in [6, 6.07) is 10.5. The number of para-hydroxylation sites is 1. The maximum atomic E-state index is 11.7. The van der Waals surface area contributed by atoms with E-state index >= 15 is 0 Å². The highest BCUT2D eigenvalue weighted by atomic mass is 16.5. The maximum absolute atomic E-state index is 11.7. The predicted molar refractivity (Wildman–Crippen MR) is 98.8 cm³/mol. The standard InChI is InChI=1S/C20H20N4O3/c25-20(26)16-5-1-2-6-17(16)24-18(12-14-4-3-11-27-13-14)22-19(23-24)15-7-9-21-10-8-15/h1-2,5-10,14H,3-4,11-13H2,(H,25,26). The molecule has 4 rings (SSSR count). The van der Waals surface area contributed by atoms with Crippen molar-refractivity contribution in [3.05, 3.63) is 60.2 Å². The second-order valence-corrected chi connectivity index (χ2v) is 6.61. The zero-order valence-electron chi connectivity index (χ0n) is 14.8. The summed E-state index contributed by atoms with van der Waals surface area (Å²) in [7, 11) is 0. The molecule has 1 aliphatic heterocycles. The third-order valence-corrected chi connectivity index (χ3v) is 4.70. The first-order valence-corrected chi connectivity index (χ1v) is 8.99. The monoisotopic (exact) mass is 364 g/mol. The highest BCUT2D eigenvalue weighted by molar-refractivity contribution is 5.91. The van der Waals surface area contributed by atoms with Crippen molar-refractivity contribution in [3.63, 3.8) is 0 Å². The normalized spacial score (nSPS) is 17.0. The summed E-state index contributed by atoms with van der Waals surface area (Å²) in [4.78, 5) is 20.4. The van der Waals surface area contributed by atoms with Crippen LogP contribution in [0.1, 0.15) is 29.0 Å². The van der Waals surface area contributed by atoms with E-state index in [9.17, 15) is 9.90 Å². The second kappa shape index (κ2) is 7.67. The molecule has 1 atom stereocenters. The van der Waals surface area contributed by atoms with Crippen LogP contribution in [0.2, 0.25) is 0 Å². The molecule has 1 N–H and O–H groups in total. The maximum Gasteiger partial charge on any atom is 0.337 e. The van der Waals surface area contributed by atoms with Crippen molar-refractivity contribution < 1.29 is 14.6 Å². The van der Waals surface area contributed by atoms with Crippen LogP contribution in [0.25, 0.3) is 17.1 Å². The Balaban J connectivity index is 1.79. The molecule has 1 unspecified atom stereocenters. The van der Waals surface area contributed by atoms with Gasteiger partial charge in [0.1, 0.15) is 5.82 Å². The number of benzene rings is 1. The lowest BCUT2D eigenvalue weighted by Gasteiger charge is -2.21. The molecule has 1 saturated heterocycles. The van der Waals surface area contributed by atoms with Crippen molar-refractivity contribution >= 4 is 5.97 Å². The van der Waals surface area contributed by atoms with Gasteiger partial charge in [-0.3, -0.25) is 4.98 Å². The molecule has 7 nitrogen and oxygen atoms in total. The van der Waals surface area contributed by atoms with Crippen LogP contribution in [0.5, 0.6) is 0 Å². The molecule has 138 valence electrons. The first-order chi connectivity index (χ1) is 13.2. The minimum atomic E-state index is -0.987. The number of carboxylic acids is 1. The van der Waals surface area contributed by atoms with E-state index < -0.39 is 5.97 Å². The molecule has 27 heavy (non-hydrogen) atoms. The van der Waals surface area contributed by atoms with E-state index in [-0.39, 0.29) is 5.56 Å². The van der Waals surface area contributed by atoms with E-state index in [1.165, 1.54) is 0 Å². The largest absolute Gasteiger partial charge is 0.478 e. The Hall–Kier alpha value is -3.06. The van der Waals surface area contributed by atoms with Gasteiger partial charge in [-0.25, -0.2) is 14.5 Å². The van der Waals surface area contributed by atoms with Crippen LogP contribution in [-0.2, 0) is 11.2 Å². The third-order valence-electron chi connectivity index (χ3n) is 4.70. The summed E-state index contributed by atoms with van der Waals surface area (Å²) in [5.74, 6) is 0.665. The Morgan fingerprint density at radius 3 is 2.78 bits per heavy atom. The first-order valence-electron chi connectivity index (χ1n) is 8.99. The molecule has 1 fully saturated rings. The number of aromatic carboxylic acids is 1. The van der Waals surface area contributed by atoms with E-state index in [4.69, 9.17) is 9.72 Å². The Kier molecular flexibility index (Phi) is 4.93. The van der Waals surface area contributed by atoms with Gasteiger partial charge in [-0.15, -0.1) is 5.10 Å². The van der Waals surface area contributed by atoms with Gasteiger partial charge in [-0.05, 0) is 43.0 Å². The topological polar surface area (TPSA) is 90.1 Å². The second-order valence-electron chi connectivity index (χ2n) is 6.61. The van der Waals surface area contributed by atoms with Gasteiger partial charge in [-0.1, -0.05) is 12.1 Å². The fraction of sp³-hybridized carbons (Fsp3) is 0.300. The molecule has 0 amide bonds. The average molecular weight is 364 g/mol. The van der Waals surface area contributed by atoms with Crippen molar-refractivity contribution in [1.82, 2.24) is 19.7 Å². The summed E-state index contributed by atoms with van der Waals surface area (Å²) >= 11 is 0. The van der Waals surface area contributed by atoms with E-state index in [0.29, 0.717) is 30.5 Å². The zero-order valence-corrected chi connectivity index (χ0v) is 14.8. The van der Waals surface area contributed by atoms with Gasteiger partial charge in [0.15, 0.2) is 5.82 Å². The highest BCUT2D eigenvalue weighted by Crippen LogP contribution is 2.24. The number of nitrogens with zero attached hydrogens (tertiary/aromatic N) is 4. The number of aromatic nitrogens is 4. The van der Waals surface area contributed by atoms with Crippen LogP contribution < -0.4 is 0 Å². The van der Waals surface area contributed by atoms with Gasteiger partial charge in [0, 0.05) is 37.6 Å². The summed E-state index contributed by atoms with van der Waals surface area (Å²) in [5, 5.41) is 14.2. The van der Waals surface area contributed by atoms with Crippen LogP contribution in [0.3, 0.4) is 0 Å². The molecule has 0 aliphatic carbocycles. The van der Waals surface area contributed by atoms with Crippen molar-refractivity contribution in [3.8, 4) is 17.1 Å². The summed E-state index contributed by atoms with van der Waals surface area (Å²) in [5.41, 5.74) is 1.56. The van der Waals surface area contributed by atoms with Gasteiger partial charge in [-0.2, -0.15) is 0 Å². The van der Waals surface area contributed by atoms with Gasteiger partial charge < -0.3 is 9.84 Å². The van der Waals surface area contributed by atoms with Gasteiger partial charge in [0.05, 0.1) is 11.3 Å². The molecule has 0 bridgehead atoms. The SMILES string of the molecule is O=C(O)c1ccccc1-n1nc(-c2ccncc2)nc1CC1CCCOC1. The Bertz CT molecular complexity index is 933. The molecule has 0 radical (unpaired) electrons. The zero-order chi connectivity index (χ0) is 18.6. The lowest BCUT2D eigenvalue weighted by atomic mass is 9.98. The van der Waals surface area contributed by atoms with Crippen molar-refractivity contribution in [1.29, 1.82) is 0 Å². The lowest BCUT2D eigenvalue weighted by Crippen LogP contribution is -2.21.